The second-order valence-electron chi connectivity index (χ2n) is 6.36. The lowest BCUT2D eigenvalue weighted by atomic mass is 10.0. The highest BCUT2D eigenvalue weighted by atomic mass is 16.6. The molecule has 0 saturated carbocycles. The number of nitrogens with zero attached hydrogens (tertiary/aromatic N) is 3. The van der Waals surface area contributed by atoms with E-state index in [1.54, 1.807) is 42.6 Å². The zero-order valence-electron chi connectivity index (χ0n) is 15.9. The predicted octanol–water partition coefficient (Wildman–Crippen LogP) is 2.56. The summed E-state index contributed by atoms with van der Waals surface area (Å²) in [4.78, 5) is 44.1. The first-order chi connectivity index (χ1) is 14.5. The van der Waals surface area contributed by atoms with E-state index in [0.717, 1.165) is 0 Å². The van der Waals surface area contributed by atoms with Crippen molar-refractivity contribution in [1.82, 2.24) is 20.6 Å². The number of nitrogens with one attached hydrogen (secondary N) is 2. The zero-order valence-corrected chi connectivity index (χ0v) is 15.9. The maximum Gasteiger partial charge on any atom is 0.274 e. The Hall–Kier alpha value is -4.14. The van der Waals surface area contributed by atoms with Gasteiger partial charge in [-0.1, -0.05) is 30.3 Å². The Morgan fingerprint density at radius 2 is 1.67 bits per heavy atom. The molecule has 0 spiro atoms. The van der Waals surface area contributed by atoms with Crippen LogP contribution >= 0.6 is 0 Å². The van der Waals surface area contributed by atoms with E-state index in [1.165, 1.54) is 30.5 Å². The number of carbonyl (C=O) groups excluding carboxylic acids is 2. The summed E-state index contributed by atoms with van der Waals surface area (Å²) in [6.07, 6.45) is 2.90. The average Bonchev–Trinajstić information content (AvgIpc) is 2.78. The number of nitro groups is 1. The third-order valence-electron chi connectivity index (χ3n) is 4.29. The van der Waals surface area contributed by atoms with Crippen LogP contribution in [0.2, 0.25) is 0 Å². The molecule has 0 aliphatic carbocycles. The standard InChI is InChI=1S/C21H19N5O4/c27-20(24-14-15-7-3-5-11-22-15)13-18(16-8-1-2-10-19(16)26(29)30)25-21(28)17-9-4-6-12-23-17/h1-12,18H,13-14H2,(H,24,27)(H,25,28). The monoisotopic (exact) mass is 405 g/mol. The van der Waals surface area contributed by atoms with Crippen molar-refractivity contribution in [1.29, 1.82) is 0 Å². The molecule has 0 bridgehead atoms. The molecule has 9 nitrogen and oxygen atoms in total. The fourth-order valence-corrected chi connectivity index (χ4v) is 2.87. The summed E-state index contributed by atoms with van der Waals surface area (Å²) in [5, 5.41) is 16.9. The molecule has 2 N–H and O–H groups in total. The van der Waals surface area contributed by atoms with Crippen molar-refractivity contribution < 1.29 is 14.5 Å². The minimum atomic E-state index is -0.912. The van der Waals surface area contributed by atoms with Gasteiger partial charge in [-0.05, 0) is 24.3 Å². The van der Waals surface area contributed by atoms with Crippen LogP contribution in [0.1, 0.15) is 34.2 Å². The van der Waals surface area contributed by atoms with Gasteiger partial charge >= 0.3 is 0 Å². The quantitative estimate of drug-likeness (QED) is 0.438. The van der Waals surface area contributed by atoms with E-state index >= 15 is 0 Å². The summed E-state index contributed by atoms with van der Waals surface area (Å²) in [5.41, 5.74) is 0.877. The Balaban J connectivity index is 1.79. The van der Waals surface area contributed by atoms with E-state index in [4.69, 9.17) is 0 Å². The molecule has 1 aromatic carbocycles. The Morgan fingerprint density at radius 1 is 0.967 bits per heavy atom. The topological polar surface area (TPSA) is 127 Å². The van der Waals surface area contributed by atoms with E-state index < -0.39 is 16.9 Å². The number of hydrogen-bond acceptors (Lipinski definition) is 6. The summed E-state index contributed by atoms with van der Waals surface area (Å²) < 4.78 is 0. The van der Waals surface area contributed by atoms with Crippen molar-refractivity contribution in [3.63, 3.8) is 0 Å². The minimum Gasteiger partial charge on any atom is -0.350 e. The number of aromatic nitrogens is 2. The van der Waals surface area contributed by atoms with E-state index in [2.05, 4.69) is 20.6 Å². The van der Waals surface area contributed by atoms with Crippen molar-refractivity contribution in [2.45, 2.75) is 19.0 Å². The first-order valence-corrected chi connectivity index (χ1v) is 9.16. The summed E-state index contributed by atoms with van der Waals surface area (Å²) in [6.45, 7) is 0.206. The third kappa shape index (κ3) is 5.44. The number of carbonyl (C=O) groups is 2. The Bertz CT molecular complexity index is 1030. The summed E-state index contributed by atoms with van der Waals surface area (Å²) in [6, 6.07) is 15.3. The molecule has 1 unspecified atom stereocenters. The maximum atomic E-state index is 12.6. The van der Waals surface area contributed by atoms with Crippen molar-refractivity contribution in [3.8, 4) is 0 Å². The van der Waals surface area contributed by atoms with E-state index in [1.807, 2.05) is 0 Å². The van der Waals surface area contributed by atoms with Gasteiger partial charge in [-0.2, -0.15) is 0 Å². The van der Waals surface area contributed by atoms with Gasteiger partial charge in [-0.25, -0.2) is 0 Å². The van der Waals surface area contributed by atoms with Gasteiger partial charge in [0.25, 0.3) is 11.6 Å². The molecular formula is C21H19N5O4. The molecule has 152 valence electrons. The van der Waals surface area contributed by atoms with Gasteiger partial charge in [0.1, 0.15) is 5.69 Å². The van der Waals surface area contributed by atoms with Gasteiger partial charge in [0, 0.05) is 18.5 Å². The predicted molar refractivity (Wildman–Crippen MR) is 108 cm³/mol. The van der Waals surface area contributed by atoms with Crippen molar-refractivity contribution in [2.24, 2.45) is 0 Å². The lowest BCUT2D eigenvalue weighted by molar-refractivity contribution is -0.385. The largest absolute Gasteiger partial charge is 0.350 e. The smallest absolute Gasteiger partial charge is 0.274 e. The molecular weight excluding hydrogens is 386 g/mol. The van der Waals surface area contributed by atoms with Crippen molar-refractivity contribution in [3.05, 3.63) is 100 Å². The number of amides is 2. The van der Waals surface area contributed by atoms with Crippen LogP contribution in [0.3, 0.4) is 0 Å². The summed E-state index contributed by atoms with van der Waals surface area (Å²) >= 11 is 0. The van der Waals surface area contributed by atoms with Gasteiger partial charge in [-0.3, -0.25) is 29.7 Å². The number of pyridine rings is 2. The van der Waals surface area contributed by atoms with Crippen molar-refractivity contribution in [2.75, 3.05) is 0 Å². The molecule has 9 heteroatoms. The molecule has 0 saturated heterocycles. The van der Waals surface area contributed by atoms with Crippen LogP contribution < -0.4 is 10.6 Å². The van der Waals surface area contributed by atoms with Gasteiger partial charge in [-0.15, -0.1) is 0 Å². The van der Waals surface area contributed by atoms with Gasteiger partial charge in [0.2, 0.25) is 5.91 Å². The molecule has 0 fully saturated rings. The van der Waals surface area contributed by atoms with Crippen molar-refractivity contribution >= 4 is 17.5 Å². The van der Waals surface area contributed by atoms with Crippen LogP contribution in [0.15, 0.2) is 73.1 Å². The number of benzene rings is 1. The Morgan fingerprint density at radius 3 is 2.33 bits per heavy atom. The highest BCUT2D eigenvalue weighted by Crippen LogP contribution is 2.27. The summed E-state index contributed by atoms with van der Waals surface area (Å²) in [5.74, 6) is -0.915. The molecule has 2 amide bonds. The van der Waals surface area contributed by atoms with Gasteiger partial charge in [0.15, 0.2) is 0 Å². The molecule has 0 aliphatic rings. The minimum absolute atomic E-state index is 0.148. The molecule has 0 radical (unpaired) electrons. The van der Waals surface area contributed by atoms with Crippen LogP contribution in [0.25, 0.3) is 0 Å². The Labute approximate surface area is 172 Å². The van der Waals surface area contributed by atoms with E-state index in [0.29, 0.717) is 5.69 Å². The zero-order chi connectivity index (χ0) is 21.3. The number of rotatable bonds is 8. The summed E-state index contributed by atoms with van der Waals surface area (Å²) in [7, 11) is 0. The third-order valence-corrected chi connectivity index (χ3v) is 4.29. The van der Waals surface area contributed by atoms with Gasteiger partial charge in [0.05, 0.1) is 35.2 Å². The first-order valence-electron chi connectivity index (χ1n) is 9.16. The molecule has 3 rings (SSSR count). The van der Waals surface area contributed by atoms with Crippen LogP contribution in [-0.4, -0.2) is 26.7 Å². The second-order valence-corrected chi connectivity index (χ2v) is 6.36. The number of hydrogen-bond donors (Lipinski definition) is 2. The fraction of sp³-hybridized carbons (Fsp3) is 0.143. The van der Waals surface area contributed by atoms with Crippen LogP contribution in [0, 0.1) is 10.1 Å². The molecule has 2 heterocycles. The molecule has 1 atom stereocenters. The van der Waals surface area contributed by atoms with Crippen LogP contribution in [0.4, 0.5) is 5.69 Å². The fourth-order valence-electron chi connectivity index (χ4n) is 2.87. The highest BCUT2D eigenvalue weighted by molar-refractivity contribution is 5.93. The molecule has 3 aromatic rings. The van der Waals surface area contributed by atoms with Gasteiger partial charge < -0.3 is 10.6 Å². The highest BCUT2D eigenvalue weighted by Gasteiger charge is 2.26. The lowest BCUT2D eigenvalue weighted by Crippen LogP contribution is -2.34. The maximum absolute atomic E-state index is 12.6. The lowest BCUT2D eigenvalue weighted by Gasteiger charge is -2.19. The molecule has 2 aromatic heterocycles. The SMILES string of the molecule is O=C(CC(NC(=O)c1ccccn1)c1ccccc1[N+](=O)[O-])NCc1ccccn1. The van der Waals surface area contributed by atoms with E-state index in [9.17, 15) is 19.7 Å². The average molecular weight is 405 g/mol. The Kier molecular flexibility index (Phi) is 6.78. The first kappa shape index (κ1) is 20.6. The number of para-hydroxylation sites is 1. The molecule has 0 aliphatic heterocycles. The molecule has 30 heavy (non-hydrogen) atoms. The second kappa shape index (κ2) is 9.87. The van der Waals surface area contributed by atoms with E-state index in [-0.39, 0.29) is 35.8 Å². The number of nitro benzene ring substituents is 1. The van der Waals surface area contributed by atoms with Crippen LogP contribution in [0.5, 0.6) is 0 Å². The normalized spacial score (nSPS) is 11.3. The van der Waals surface area contributed by atoms with Crippen LogP contribution in [-0.2, 0) is 11.3 Å².